The maximum atomic E-state index is 12.0. The number of nitrogens with zero attached hydrogens (tertiary/aromatic N) is 3. The second-order valence-electron chi connectivity index (χ2n) is 5.26. The van der Waals surface area contributed by atoms with Crippen molar-refractivity contribution in [2.75, 3.05) is 6.54 Å². The monoisotopic (exact) mass is 308 g/mol. The average molecular weight is 309 g/mol. The van der Waals surface area contributed by atoms with Gasteiger partial charge < -0.3 is 5.32 Å². The van der Waals surface area contributed by atoms with E-state index in [2.05, 4.69) is 15.4 Å². The fraction of sp³-hybridized carbons (Fsp3) is 0.308. The molecule has 4 rings (SSSR count). The van der Waals surface area contributed by atoms with Gasteiger partial charge in [0.1, 0.15) is 5.15 Å². The number of hydrogen-bond acceptors (Lipinski definition) is 3. The molecule has 1 amide bonds. The van der Waals surface area contributed by atoms with Crippen LogP contribution >= 0.6 is 23.2 Å². The summed E-state index contributed by atoms with van der Waals surface area (Å²) in [7, 11) is 0. The molecule has 5 nitrogen and oxygen atoms in total. The van der Waals surface area contributed by atoms with Crippen molar-refractivity contribution in [3.63, 3.8) is 0 Å². The first-order valence-electron chi connectivity index (χ1n) is 6.29. The summed E-state index contributed by atoms with van der Waals surface area (Å²) in [5, 5.41) is 8.27. The molecule has 2 aromatic heterocycles. The molecule has 1 spiro atoms. The molecule has 2 aromatic rings. The molecular weight excluding hydrogens is 299 g/mol. The molecule has 1 aliphatic heterocycles. The predicted octanol–water partition coefficient (Wildman–Crippen LogP) is 2.35. The zero-order chi connectivity index (χ0) is 13.9. The number of rotatable bonds is 1. The molecule has 1 saturated carbocycles. The smallest absolute Gasteiger partial charge is 0.254 e. The van der Waals surface area contributed by atoms with Crippen molar-refractivity contribution in [3.05, 3.63) is 39.9 Å². The number of aromatic nitrogens is 3. The summed E-state index contributed by atoms with van der Waals surface area (Å²) >= 11 is 12.0. The van der Waals surface area contributed by atoms with Gasteiger partial charge in [-0.3, -0.25) is 4.79 Å². The summed E-state index contributed by atoms with van der Waals surface area (Å²) in [6.45, 7) is 0.667. The molecule has 1 aliphatic carbocycles. The maximum Gasteiger partial charge on any atom is 0.254 e. The first-order valence-corrected chi connectivity index (χ1v) is 7.04. The van der Waals surface area contributed by atoms with Crippen LogP contribution in [0.1, 0.15) is 28.9 Å². The van der Waals surface area contributed by atoms with E-state index in [1.807, 2.05) is 0 Å². The summed E-state index contributed by atoms with van der Waals surface area (Å²) in [4.78, 5) is 15.9. The second kappa shape index (κ2) is 3.96. The highest BCUT2D eigenvalue weighted by molar-refractivity contribution is 6.33. The van der Waals surface area contributed by atoms with Gasteiger partial charge in [0.05, 0.1) is 22.0 Å². The van der Waals surface area contributed by atoms with Gasteiger partial charge in [0.15, 0.2) is 0 Å². The first-order chi connectivity index (χ1) is 9.59. The molecule has 7 heteroatoms. The quantitative estimate of drug-likeness (QED) is 0.823. The van der Waals surface area contributed by atoms with Crippen molar-refractivity contribution >= 4 is 29.1 Å². The van der Waals surface area contributed by atoms with Crippen LogP contribution in [0.15, 0.2) is 18.5 Å². The van der Waals surface area contributed by atoms with Crippen LogP contribution in [-0.2, 0) is 5.41 Å². The topological polar surface area (TPSA) is 59.8 Å². The molecule has 0 saturated heterocycles. The molecule has 1 fully saturated rings. The number of fused-ring (bicyclic) bond motifs is 2. The third kappa shape index (κ3) is 1.66. The fourth-order valence-corrected chi connectivity index (χ4v) is 2.97. The summed E-state index contributed by atoms with van der Waals surface area (Å²) < 4.78 is 1.62. The molecule has 0 aromatic carbocycles. The zero-order valence-electron chi connectivity index (χ0n) is 10.4. The summed E-state index contributed by atoms with van der Waals surface area (Å²) in [6, 6.07) is 1.64. The SMILES string of the molecule is O=C1NCC2(CC2)c2nn(-c3cc(Cl)ncc3Cl)cc21. The lowest BCUT2D eigenvalue weighted by Crippen LogP contribution is -2.38. The lowest BCUT2D eigenvalue weighted by atomic mass is 9.95. The molecule has 0 bridgehead atoms. The number of nitrogens with one attached hydrogen (secondary N) is 1. The average Bonchev–Trinajstić information content (AvgIpc) is 3.06. The van der Waals surface area contributed by atoms with Crippen molar-refractivity contribution < 1.29 is 4.79 Å². The summed E-state index contributed by atoms with van der Waals surface area (Å²) in [5.41, 5.74) is 2.14. The normalized spacial score (nSPS) is 18.8. The lowest BCUT2D eigenvalue weighted by molar-refractivity contribution is 0.0937. The number of halogens is 2. The van der Waals surface area contributed by atoms with E-state index in [0.717, 1.165) is 18.5 Å². The number of carbonyl (C=O) groups excluding carboxylic acids is 1. The molecule has 2 aliphatic rings. The highest BCUT2D eigenvalue weighted by Gasteiger charge is 2.51. The van der Waals surface area contributed by atoms with Crippen LogP contribution in [-0.4, -0.2) is 27.2 Å². The van der Waals surface area contributed by atoms with Crippen LogP contribution in [0.5, 0.6) is 0 Å². The first kappa shape index (κ1) is 12.2. The van der Waals surface area contributed by atoms with Crippen LogP contribution in [0.2, 0.25) is 10.2 Å². The van der Waals surface area contributed by atoms with Crippen molar-refractivity contribution in [2.45, 2.75) is 18.3 Å². The highest BCUT2D eigenvalue weighted by atomic mass is 35.5. The van der Waals surface area contributed by atoms with E-state index in [1.54, 1.807) is 16.9 Å². The molecule has 20 heavy (non-hydrogen) atoms. The number of pyridine rings is 1. The summed E-state index contributed by atoms with van der Waals surface area (Å²) in [6.07, 6.45) is 5.30. The van der Waals surface area contributed by atoms with Crippen molar-refractivity contribution in [1.82, 2.24) is 20.1 Å². The molecule has 1 N–H and O–H groups in total. The molecular formula is C13H10Cl2N4O. The van der Waals surface area contributed by atoms with Gasteiger partial charge >= 0.3 is 0 Å². The summed E-state index contributed by atoms with van der Waals surface area (Å²) in [5.74, 6) is -0.0833. The molecule has 0 unspecified atom stereocenters. The number of amides is 1. The van der Waals surface area contributed by atoms with E-state index in [1.165, 1.54) is 6.20 Å². The van der Waals surface area contributed by atoms with Gasteiger partial charge in [-0.25, -0.2) is 9.67 Å². The second-order valence-corrected chi connectivity index (χ2v) is 6.05. The molecule has 0 radical (unpaired) electrons. The minimum absolute atomic E-state index is 0.0256. The Balaban J connectivity index is 1.89. The van der Waals surface area contributed by atoms with Crippen molar-refractivity contribution in [3.8, 4) is 5.69 Å². The van der Waals surface area contributed by atoms with E-state index >= 15 is 0 Å². The Morgan fingerprint density at radius 2 is 2.15 bits per heavy atom. The number of carbonyl (C=O) groups is 1. The van der Waals surface area contributed by atoms with Crippen LogP contribution in [0, 0.1) is 0 Å². The van der Waals surface area contributed by atoms with Gasteiger partial charge in [-0.05, 0) is 12.8 Å². The lowest BCUT2D eigenvalue weighted by Gasteiger charge is -2.20. The third-order valence-electron chi connectivity index (χ3n) is 3.95. The Morgan fingerprint density at radius 1 is 1.35 bits per heavy atom. The third-order valence-corrected chi connectivity index (χ3v) is 4.45. The van der Waals surface area contributed by atoms with Crippen LogP contribution in [0.25, 0.3) is 5.69 Å². The number of hydrogen-bond donors (Lipinski definition) is 1. The van der Waals surface area contributed by atoms with E-state index < -0.39 is 0 Å². The Kier molecular flexibility index (Phi) is 2.41. The van der Waals surface area contributed by atoms with Gasteiger partial charge in [0.25, 0.3) is 5.91 Å². The van der Waals surface area contributed by atoms with Crippen molar-refractivity contribution in [1.29, 1.82) is 0 Å². The van der Waals surface area contributed by atoms with Crippen LogP contribution < -0.4 is 5.32 Å². The Morgan fingerprint density at radius 3 is 2.90 bits per heavy atom. The van der Waals surface area contributed by atoms with Gasteiger partial charge in [-0.2, -0.15) is 5.10 Å². The molecule has 3 heterocycles. The van der Waals surface area contributed by atoms with Crippen LogP contribution in [0.4, 0.5) is 0 Å². The van der Waals surface area contributed by atoms with Crippen molar-refractivity contribution in [2.24, 2.45) is 0 Å². The standard InChI is InChI=1S/C13H10Cl2N4O/c14-8-4-16-10(15)3-9(8)19-5-7-11(18-19)13(1-2-13)6-17-12(7)20/h3-5H,1-2,6H2,(H,17,20). The molecule has 102 valence electrons. The minimum atomic E-state index is -0.0833. The highest BCUT2D eigenvalue weighted by Crippen LogP contribution is 2.49. The van der Waals surface area contributed by atoms with Gasteiger partial charge in [-0.1, -0.05) is 23.2 Å². The molecule has 0 atom stereocenters. The maximum absolute atomic E-state index is 12.0. The van der Waals surface area contributed by atoms with E-state index in [0.29, 0.717) is 28.0 Å². The predicted molar refractivity (Wildman–Crippen MR) is 74.6 cm³/mol. The van der Waals surface area contributed by atoms with E-state index in [-0.39, 0.29) is 11.3 Å². The van der Waals surface area contributed by atoms with Gasteiger partial charge in [-0.15, -0.1) is 0 Å². The van der Waals surface area contributed by atoms with Gasteiger partial charge in [0.2, 0.25) is 0 Å². The van der Waals surface area contributed by atoms with E-state index in [4.69, 9.17) is 23.2 Å². The minimum Gasteiger partial charge on any atom is -0.351 e. The largest absolute Gasteiger partial charge is 0.351 e. The van der Waals surface area contributed by atoms with Crippen LogP contribution in [0.3, 0.4) is 0 Å². The Bertz CT molecular complexity index is 736. The van der Waals surface area contributed by atoms with Gasteiger partial charge in [0, 0.05) is 30.4 Å². The Labute approximate surface area is 124 Å². The Hall–Kier alpha value is -1.59. The van der Waals surface area contributed by atoms with E-state index in [9.17, 15) is 4.79 Å². The fourth-order valence-electron chi connectivity index (χ4n) is 2.63. The zero-order valence-corrected chi connectivity index (χ0v) is 11.9.